The van der Waals surface area contributed by atoms with Gasteiger partial charge in [0, 0.05) is 18.5 Å². The Balaban J connectivity index is 1.82. The molecule has 0 bridgehead atoms. The van der Waals surface area contributed by atoms with Crippen molar-refractivity contribution in [2.45, 2.75) is 25.9 Å². The molecule has 23 heavy (non-hydrogen) atoms. The van der Waals surface area contributed by atoms with E-state index >= 15 is 0 Å². The van der Waals surface area contributed by atoms with Gasteiger partial charge in [-0.3, -0.25) is 9.59 Å². The molecule has 3 rings (SSSR count). The van der Waals surface area contributed by atoms with Crippen LogP contribution in [-0.2, 0) is 9.53 Å². The monoisotopic (exact) mass is 315 g/mol. The number of likely N-dealkylation sites (tertiary alicyclic amines) is 1. The summed E-state index contributed by atoms with van der Waals surface area (Å²) in [5.74, 6) is -0.929. The lowest BCUT2D eigenvalue weighted by molar-refractivity contribution is -0.138. The average molecular weight is 315 g/mol. The molecule has 2 aromatic rings. The molecule has 0 radical (unpaired) electrons. The van der Waals surface area contributed by atoms with Crippen molar-refractivity contribution < 1.29 is 14.3 Å². The van der Waals surface area contributed by atoms with E-state index in [9.17, 15) is 14.4 Å². The first kappa shape index (κ1) is 15.2. The number of carbonyl (C=O) groups is 2. The Morgan fingerprint density at radius 2 is 1.87 bits per heavy atom. The first-order valence-corrected chi connectivity index (χ1v) is 7.55. The van der Waals surface area contributed by atoms with E-state index < -0.39 is 12.1 Å². The van der Waals surface area contributed by atoms with Crippen molar-refractivity contribution in [2.75, 3.05) is 13.1 Å². The number of nitrogens with zero attached hydrogens (tertiary/aromatic N) is 2. The summed E-state index contributed by atoms with van der Waals surface area (Å²) in [6.45, 7) is 2.94. The first-order chi connectivity index (χ1) is 11.1. The number of aromatic nitrogens is 2. The maximum absolute atomic E-state index is 12.3. The molecule has 0 saturated carbocycles. The van der Waals surface area contributed by atoms with E-state index in [0.717, 1.165) is 12.8 Å². The van der Waals surface area contributed by atoms with Gasteiger partial charge < -0.3 is 9.64 Å². The van der Waals surface area contributed by atoms with Crippen molar-refractivity contribution in [2.24, 2.45) is 0 Å². The van der Waals surface area contributed by atoms with Crippen molar-refractivity contribution >= 4 is 22.6 Å². The fraction of sp³-hybridized carbons (Fsp3) is 0.375. The Morgan fingerprint density at radius 1 is 1.22 bits per heavy atom. The van der Waals surface area contributed by atoms with Crippen LogP contribution in [0.5, 0.6) is 0 Å². The molecule has 1 atom stereocenters. The summed E-state index contributed by atoms with van der Waals surface area (Å²) in [7, 11) is 0. The van der Waals surface area contributed by atoms with Crippen molar-refractivity contribution in [1.29, 1.82) is 0 Å². The summed E-state index contributed by atoms with van der Waals surface area (Å²) in [5.41, 5.74) is -0.375. The minimum absolute atomic E-state index is 0.00118. The van der Waals surface area contributed by atoms with Gasteiger partial charge >= 0.3 is 5.97 Å². The molecule has 1 aromatic heterocycles. The molecule has 7 nitrogen and oxygen atoms in total. The van der Waals surface area contributed by atoms with Crippen LogP contribution in [0.15, 0.2) is 29.1 Å². The van der Waals surface area contributed by atoms with Gasteiger partial charge in [0.1, 0.15) is 0 Å². The van der Waals surface area contributed by atoms with Gasteiger partial charge in [-0.1, -0.05) is 18.2 Å². The zero-order valence-electron chi connectivity index (χ0n) is 12.7. The molecule has 1 unspecified atom stereocenters. The van der Waals surface area contributed by atoms with Gasteiger partial charge in [0.05, 0.1) is 5.39 Å². The van der Waals surface area contributed by atoms with Crippen LogP contribution in [0.4, 0.5) is 0 Å². The molecule has 0 aliphatic carbocycles. The number of nitrogens with one attached hydrogen (secondary N) is 1. The topological polar surface area (TPSA) is 92.4 Å². The molecule has 1 aliphatic rings. The van der Waals surface area contributed by atoms with Gasteiger partial charge in [0.15, 0.2) is 11.8 Å². The molecule has 2 heterocycles. The van der Waals surface area contributed by atoms with Crippen LogP contribution >= 0.6 is 0 Å². The lowest BCUT2D eigenvalue weighted by Crippen LogP contribution is -2.38. The predicted octanol–water partition coefficient (Wildman–Crippen LogP) is 1.09. The van der Waals surface area contributed by atoms with Crippen LogP contribution in [-0.4, -0.2) is 46.2 Å². The minimum Gasteiger partial charge on any atom is -0.448 e. The molecular weight excluding hydrogens is 298 g/mol. The maximum atomic E-state index is 12.3. The highest BCUT2D eigenvalue weighted by Crippen LogP contribution is 2.15. The number of rotatable bonds is 3. The number of H-pyrrole nitrogens is 1. The first-order valence-electron chi connectivity index (χ1n) is 7.55. The Bertz CT molecular complexity index is 808. The van der Waals surface area contributed by atoms with Gasteiger partial charge in [-0.15, -0.1) is 0 Å². The molecule has 1 aromatic carbocycles. The second-order valence-electron chi connectivity index (χ2n) is 5.53. The van der Waals surface area contributed by atoms with E-state index in [1.807, 2.05) is 0 Å². The highest BCUT2D eigenvalue weighted by Gasteiger charge is 2.27. The molecule has 1 aliphatic heterocycles. The smallest absolute Gasteiger partial charge is 0.360 e. The van der Waals surface area contributed by atoms with Crippen molar-refractivity contribution in [3.05, 3.63) is 40.3 Å². The number of carbonyl (C=O) groups excluding carboxylic acids is 2. The molecule has 1 fully saturated rings. The molecule has 120 valence electrons. The van der Waals surface area contributed by atoms with Gasteiger partial charge in [-0.05, 0) is 25.8 Å². The van der Waals surface area contributed by atoms with Crippen molar-refractivity contribution in [1.82, 2.24) is 15.1 Å². The number of hydrogen-bond donors (Lipinski definition) is 1. The van der Waals surface area contributed by atoms with E-state index in [4.69, 9.17) is 4.74 Å². The SMILES string of the molecule is CC(OC(=O)c1n[nH]c(=O)c2ccccc12)C(=O)N1CCCC1. The van der Waals surface area contributed by atoms with Crippen LogP contribution < -0.4 is 5.56 Å². The third-order valence-electron chi connectivity index (χ3n) is 3.94. The number of esters is 1. The molecule has 7 heteroatoms. The van der Waals surface area contributed by atoms with Gasteiger partial charge in [0.2, 0.25) is 0 Å². The third kappa shape index (κ3) is 2.94. The highest BCUT2D eigenvalue weighted by atomic mass is 16.5. The van der Waals surface area contributed by atoms with Crippen LogP contribution in [0.1, 0.15) is 30.3 Å². The number of ether oxygens (including phenoxy) is 1. The number of amides is 1. The predicted molar refractivity (Wildman–Crippen MR) is 83.1 cm³/mol. The van der Waals surface area contributed by atoms with Crippen LogP contribution in [0, 0.1) is 0 Å². The van der Waals surface area contributed by atoms with Gasteiger partial charge in [-0.25, -0.2) is 9.89 Å². The van der Waals surface area contributed by atoms with E-state index in [2.05, 4.69) is 10.2 Å². The van der Waals surface area contributed by atoms with E-state index in [0.29, 0.717) is 23.9 Å². The average Bonchev–Trinajstić information content (AvgIpc) is 3.09. The largest absolute Gasteiger partial charge is 0.448 e. The minimum atomic E-state index is -0.881. The summed E-state index contributed by atoms with van der Waals surface area (Å²) in [6.07, 6.45) is 1.06. The maximum Gasteiger partial charge on any atom is 0.360 e. The standard InChI is InChI=1S/C16H17N3O4/c1-10(15(21)19-8-4-5-9-19)23-16(22)13-11-6-2-3-7-12(11)14(20)18-17-13/h2-3,6-7,10H,4-5,8-9H2,1H3,(H,18,20). The van der Waals surface area contributed by atoms with Crippen molar-refractivity contribution in [3.8, 4) is 0 Å². The molecule has 0 spiro atoms. The summed E-state index contributed by atoms with van der Waals surface area (Å²) in [6, 6.07) is 6.64. The summed E-state index contributed by atoms with van der Waals surface area (Å²) in [5, 5.41) is 6.82. The van der Waals surface area contributed by atoms with E-state index in [1.54, 1.807) is 36.1 Å². The lowest BCUT2D eigenvalue weighted by Gasteiger charge is -2.20. The Labute approximate surface area is 132 Å². The van der Waals surface area contributed by atoms with Crippen LogP contribution in [0.25, 0.3) is 10.8 Å². The summed E-state index contributed by atoms with van der Waals surface area (Å²) >= 11 is 0. The van der Waals surface area contributed by atoms with Crippen molar-refractivity contribution in [3.63, 3.8) is 0 Å². The highest BCUT2D eigenvalue weighted by molar-refractivity contribution is 6.02. The fourth-order valence-corrected chi connectivity index (χ4v) is 2.73. The Kier molecular flexibility index (Phi) is 4.10. The normalized spacial score (nSPS) is 15.6. The zero-order valence-corrected chi connectivity index (χ0v) is 12.7. The van der Waals surface area contributed by atoms with Gasteiger partial charge in [0.25, 0.3) is 11.5 Å². The quantitative estimate of drug-likeness (QED) is 0.856. The van der Waals surface area contributed by atoms with Gasteiger partial charge in [-0.2, -0.15) is 5.10 Å². The summed E-state index contributed by atoms with van der Waals surface area (Å²) in [4.78, 5) is 37.9. The molecule has 1 saturated heterocycles. The number of benzene rings is 1. The second-order valence-corrected chi connectivity index (χ2v) is 5.53. The number of fused-ring (bicyclic) bond motifs is 1. The Hall–Kier alpha value is -2.70. The number of hydrogen-bond acceptors (Lipinski definition) is 5. The molecule has 1 N–H and O–H groups in total. The van der Waals surface area contributed by atoms with Crippen LogP contribution in [0.2, 0.25) is 0 Å². The Morgan fingerprint density at radius 3 is 2.57 bits per heavy atom. The fourth-order valence-electron chi connectivity index (χ4n) is 2.73. The lowest BCUT2D eigenvalue weighted by atomic mass is 10.1. The van der Waals surface area contributed by atoms with Crippen LogP contribution in [0.3, 0.4) is 0 Å². The molecular formula is C16H17N3O4. The summed E-state index contributed by atoms with van der Waals surface area (Å²) < 4.78 is 5.24. The number of aromatic amines is 1. The third-order valence-corrected chi connectivity index (χ3v) is 3.94. The van der Waals surface area contributed by atoms with E-state index in [-0.39, 0.29) is 17.2 Å². The second kappa shape index (κ2) is 6.20. The van der Waals surface area contributed by atoms with E-state index in [1.165, 1.54) is 0 Å². The zero-order chi connectivity index (χ0) is 16.4. The molecule has 1 amide bonds.